The minimum Gasteiger partial charge on any atom is -0.457 e. The van der Waals surface area contributed by atoms with Gasteiger partial charge in [0.05, 0.1) is 10.5 Å². The molecule has 0 aromatic heterocycles. The Bertz CT molecular complexity index is 697. The van der Waals surface area contributed by atoms with Crippen molar-refractivity contribution in [3.8, 4) is 0 Å². The van der Waals surface area contributed by atoms with Gasteiger partial charge >= 0.3 is 11.9 Å². The standard InChI is InChI=1S/C18H20O6S/c1-11(19)22-16-14(9-21-17(20)12-7-5-4-6-8-12)25-10-13-15(16)24-18(2,3)23-13/h4-8,13,15H,9-10H2,1-3H3/t13-,15+/m0/s1. The third-order valence-corrected chi connectivity index (χ3v) is 4.90. The number of hydrogen-bond acceptors (Lipinski definition) is 7. The van der Waals surface area contributed by atoms with Crippen molar-refractivity contribution in [2.24, 2.45) is 0 Å². The van der Waals surface area contributed by atoms with Crippen LogP contribution in [0.3, 0.4) is 0 Å². The third kappa shape index (κ3) is 4.23. The number of thioether (sulfide) groups is 1. The molecule has 0 bridgehead atoms. The molecule has 0 amide bonds. The van der Waals surface area contributed by atoms with Gasteiger partial charge < -0.3 is 18.9 Å². The predicted octanol–water partition coefficient (Wildman–Crippen LogP) is 2.89. The Labute approximate surface area is 150 Å². The Kier molecular flexibility index (Phi) is 5.17. The lowest BCUT2D eigenvalue weighted by Gasteiger charge is -2.26. The number of carbonyl (C=O) groups is 2. The summed E-state index contributed by atoms with van der Waals surface area (Å²) < 4.78 is 22.5. The molecule has 0 saturated carbocycles. The van der Waals surface area contributed by atoms with E-state index in [2.05, 4.69) is 0 Å². The highest BCUT2D eigenvalue weighted by Gasteiger charge is 2.47. The summed E-state index contributed by atoms with van der Waals surface area (Å²) in [5.41, 5.74) is 0.470. The molecule has 1 aromatic carbocycles. The highest BCUT2D eigenvalue weighted by Crippen LogP contribution is 2.41. The van der Waals surface area contributed by atoms with Crippen LogP contribution in [0.2, 0.25) is 0 Å². The molecule has 2 aliphatic rings. The smallest absolute Gasteiger partial charge is 0.338 e. The summed E-state index contributed by atoms with van der Waals surface area (Å²) in [5.74, 6) is -0.618. The van der Waals surface area contributed by atoms with Crippen molar-refractivity contribution >= 4 is 23.7 Å². The van der Waals surface area contributed by atoms with E-state index in [1.54, 1.807) is 24.3 Å². The summed E-state index contributed by atoms with van der Waals surface area (Å²) in [5, 5.41) is 0. The van der Waals surface area contributed by atoms with Crippen molar-refractivity contribution in [2.45, 2.75) is 38.8 Å². The topological polar surface area (TPSA) is 71.1 Å². The second kappa shape index (κ2) is 7.19. The summed E-state index contributed by atoms with van der Waals surface area (Å²) in [7, 11) is 0. The highest BCUT2D eigenvalue weighted by atomic mass is 32.2. The van der Waals surface area contributed by atoms with Gasteiger partial charge in [0.2, 0.25) is 0 Å². The molecule has 2 aliphatic heterocycles. The van der Waals surface area contributed by atoms with Gasteiger partial charge in [0.15, 0.2) is 11.5 Å². The number of rotatable bonds is 4. The number of carbonyl (C=O) groups excluding carboxylic acids is 2. The maximum Gasteiger partial charge on any atom is 0.338 e. The number of esters is 2. The van der Waals surface area contributed by atoms with Crippen LogP contribution in [0.25, 0.3) is 0 Å². The molecule has 1 aromatic rings. The minimum atomic E-state index is -0.753. The van der Waals surface area contributed by atoms with Gasteiger partial charge in [0.1, 0.15) is 18.8 Å². The van der Waals surface area contributed by atoms with Crippen LogP contribution in [-0.2, 0) is 23.7 Å². The highest BCUT2D eigenvalue weighted by molar-refractivity contribution is 8.03. The fourth-order valence-electron chi connectivity index (χ4n) is 2.76. The van der Waals surface area contributed by atoms with E-state index in [9.17, 15) is 9.59 Å². The maximum absolute atomic E-state index is 12.1. The molecular weight excluding hydrogens is 344 g/mol. The van der Waals surface area contributed by atoms with Gasteiger partial charge in [-0.3, -0.25) is 4.79 Å². The summed E-state index contributed by atoms with van der Waals surface area (Å²) in [6.45, 7) is 4.98. The fraction of sp³-hybridized carbons (Fsp3) is 0.444. The number of benzene rings is 1. The number of fused-ring (bicyclic) bond motifs is 1. The molecule has 0 unspecified atom stereocenters. The molecule has 1 fully saturated rings. The quantitative estimate of drug-likeness (QED) is 0.761. The van der Waals surface area contributed by atoms with Gasteiger partial charge in [-0.2, -0.15) is 0 Å². The van der Waals surface area contributed by atoms with Gasteiger partial charge in [-0.15, -0.1) is 11.8 Å². The Balaban J connectivity index is 1.76. The zero-order valence-corrected chi connectivity index (χ0v) is 15.1. The van der Waals surface area contributed by atoms with E-state index >= 15 is 0 Å². The largest absolute Gasteiger partial charge is 0.457 e. The Hall–Kier alpha value is -1.83. The molecule has 0 aliphatic carbocycles. The Morgan fingerprint density at radius 3 is 2.64 bits per heavy atom. The zero-order chi connectivity index (χ0) is 18.0. The summed E-state index contributed by atoms with van der Waals surface area (Å²) in [6.07, 6.45) is -0.687. The predicted molar refractivity (Wildman–Crippen MR) is 91.8 cm³/mol. The van der Waals surface area contributed by atoms with Crippen LogP contribution in [0, 0.1) is 0 Å². The van der Waals surface area contributed by atoms with E-state index in [0.29, 0.717) is 22.0 Å². The second-order valence-corrected chi connectivity index (χ2v) is 7.34. The summed E-state index contributed by atoms with van der Waals surface area (Å²) >= 11 is 1.45. The third-order valence-electron chi connectivity index (χ3n) is 3.74. The van der Waals surface area contributed by atoms with E-state index in [4.69, 9.17) is 18.9 Å². The molecule has 1 saturated heterocycles. The van der Waals surface area contributed by atoms with Crippen LogP contribution in [0.5, 0.6) is 0 Å². The molecule has 0 N–H and O–H groups in total. The van der Waals surface area contributed by atoms with Crippen LogP contribution in [0.15, 0.2) is 41.0 Å². The van der Waals surface area contributed by atoms with Gasteiger partial charge in [-0.25, -0.2) is 4.79 Å². The first-order valence-electron chi connectivity index (χ1n) is 7.98. The zero-order valence-electron chi connectivity index (χ0n) is 14.3. The lowest BCUT2D eigenvalue weighted by molar-refractivity contribution is -0.150. The molecule has 0 radical (unpaired) electrons. The molecule has 25 heavy (non-hydrogen) atoms. The van der Waals surface area contributed by atoms with Crippen LogP contribution in [0.4, 0.5) is 0 Å². The Morgan fingerprint density at radius 1 is 1.24 bits per heavy atom. The van der Waals surface area contributed by atoms with Crippen LogP contribution >= 0.6 is 11.8 Å². The molecular formula is C18H20O6S. The van der Waals surface area contributed by atoms with Crippen LogP contribution in [-0.4, -0.2) is 42.3 Å². The fourth-order valence-corrected chi connectivity index (χ4v) is 3.81. The van der Waals surface area contributed by atoms with Crippen LogP contribution in [0.1, 0.15) is 31.1 Å². The average Bonchev–Trinajstić information content (AvgIpc) is 2.89. The van der Waals surface area contributed by atoms with Gasteiger partial charge in [-0.05, 0) is 26.0 Å². The van der Waals surface area contributed by atoms with E-state index in [1.165, 1.54) is 18.7 Å². The molecule has 0 spiro atoms. The van der Waals surface area contributed by atoms with Gasteiger partial charge in [-0.1, -0.05) is 18.2 Å². The molecule has 3 rings (SSSR count). The second-order valence-electron chi connectivity index (χ2n) is 6.23. The van der Waals surface area contributed by atoms with Crippen molar-refractivity contribution in [3.63, 3.8) is 0 Å². The van der Waals surface area contributed by atoms with Crippen molar-refractivity contribution in [1.29, 1.82) is 0 Å². The SMILES string of the molecule is CC(=O)OC1=C(COC(=O)c2ccccc2)SC[C@@H]2OC(C)(C)O[C@@H]12. The maximum atomic E-state index is 12.1. The first-order chi connectivity index (χ1) is 11.9. The van der Waals surface area contributed by atoms with Gasteiger partial charge in [0, 0.05) is 12.7 Å². The van der Waals surface area contributed by atoms with E-state index < -0.39 is 23.8 Å². The van der Waals surface area contributed by atoms with Crippen LogP contribution < -0.4 is 0 Å². The Morgan fingerprint density at radius 2 is 1.96 bits per heavy atom. The van der Waals surface area contributed by atoms with Crippen molar-refractivity contribution in [3.05, 3.63) is 46.6 Å². The minimum absolute atomic E-state index is 0.0218. The normalized spacial score (nSPS) is 24.6. The van der Waals surface area contributed by atoms with E-state index in [1.807, 2.05) is 19.9 Å². The van der Waals surface area contributed by atoms with Crippen molar-refractivity contribution < 1.29 is 28.5 Å². The first-order valence-corrected chi connectivity index (χ1v) is 8.96. The number of ether oxygens (including phenoxy) is 4. The average molecular weight is 364 g/mol. The van der Waals surface area contributed by atoms with E-state index in [0.717, 1.165) is 0 Å². The van der Waals surface area contributed by atoms with Crippen molar-refractivity contribution in [1.82, 2.24) is 0 Å². The molecule has 2 heterocycles. The van der Waals surface area contributed by atoms with E-state index in [-0.39, 0.29) is 12.7 Å². The summed E-state index contributed by atoms with van der Waals surface area (Å²) in [4.78, 5) is 24.3. The first kappa shape index (κ1) is 18.0. The lowest BCUT2D eigenvalue weighted by Crippen LogP contribution is -2.34. The summed E-state index contributed by atoms with van der Waals surface area (Å²) in [6, 6.07) is 8.74. The monoisotopic (exact) mass is 364 g/mol. The molecule has 6 nitrogen and oxygen atoms in total. The van der Waals surface area contributed by atoms with Crippen molar-refractivity contribution in [2.75, 3.05) is 12.4 Å². The number of hydrogen-bond donors (Lipinski definition) is 0. The van der Waals surface area contributed by atoms with Gasteiger partial charge in [0.25, 0.3) is 0 Å². The molecule has 7 heteroatoms. The molecule has 134 valence electrons. The lowest BCUT2D eigenvalue weighted by atomic mass is 10.1. The molecule has 2 atom stereocenters.